The van der Waals surface area contributed by atoms with Gasteiger partial charge in [-0.15, -0.1) is 11.8 Å². The van der Waals surface area contributed by atoms with Crippen LogP contribution >= 0.6 is 11.8 Å². The Labute approximate surface area is 261 Å². The van der Waals surface area contributed by atoms with Crippen LogP contribution in [0.15, 0.2) is 102 Å². The third-order valence-corrected chi connectivity index (χ3v) is 7.76. The lowest BCUT2D eigenvalue weighted by atomic mass is 10.1. The van der Waals surface area contributed by atoms with E-state index in [0.717, 1.165) is 28.1 Å². The molecule has 0 bridgehead atoms. The molecule has 0 spiro atoms. The van der Waals surface area contributed by atoms with Crippen molar-refractivity contribution in [3.8, 4) is 11.5 Å². The van der Waals surface area contributed by atoms with E-state index < -0.39 is 11.8 Å². The monoisotopic (exact) mass is 609 g/mol. The summed E-state index contributed by atoms with van der Waals surface area (Å²) in [6.45, 7) is 4.04. The minimum atomic E-state index is -0.524. The van der Waals surface area contributed by atoms with Crippen LogP contribution in [0.3, 0.4) is 0 Å². The first kappa shape index (κ1) is 31.9. The molecule has 4 aromatic carbocycles. The highest BCUT2D eigenvalue weighted by Gasteiger charge is 2.17. The SMILES string of the molecule is CCc1cccc(C)c1NC(=O)CSc1ccc(NC(=O)/C(=C/c2cccc(OC)c2OC)NC(=O)c2ccccc2)cc1. The fraction of sp³-hybridized carbons (Fsp3) is 0.171. The number of methoxy groups -OCH3 is 2. The summed E-state index contributed by atoms with van der Waals surface area (Å²) < 4.78 is 10.9. The first-order chi connectivity index (χ1) is 21.3. The lowest BCUT2D eigenvalue weighted by Gasteiger charge is -2.14. The van der Waals surface area contributed by atoms with Crippen LogP contribution < -0.4 is 25.4 Å². The van der Waals surface area contributed by atoms with Crippen LogP contribution in [0, 0.1) is 6.92 Å². The lowest BCUT2D eigenvalue weighted by molar-refractivity contribution is -0.114. The third kappa shape index (κ3) is 8.29. The topological polar surface area (TPSA) is 106 Å². The zero-order valence-corrected chi connectivity index (χ0v) is 25.9. The molecular weight excluding hydrogens is 574 g/mol. The number of carbonyl (C=O) groups excluding carboxylic acids is 3. The molecule has 3 N–H and O–H groups in total. The number of benzene rings is 4. The molecule has 0 heterocycles. The first-order valence-electron chi connectivity index (χ1n) is 14.0. The number of carbonyl (C=O) groups is 3. The van der Waals surface area contributed by atoms with Gasteiger partial charge in [-0.3, -0.25) is 14.4 Å². The van der Waals surface area contributed by atoms with E-state index in [4.69, 9.17) is 9.47 Å². The van der Waals surface area contributed by atoms with Crippen LogP contribution in [0.4, 0.5) is 11.4 Å². The second-order valence-corrected chi connectivity index (χ2v) is 10.8. The number of anilines is 2. The molecular formula is C35H35N3O5S. The van der Waals surface area contributed by atoms with E-state index in [1.165, 1.54) is 26.0 Å². The van der Waals surface area contributed by atoms with Gasteiger partial charge in [0.05, 0.1) is 20.0 Å². The highest BCUT2D eigenvalue weighted by Crippen LogP contribution is 2.32. The standard InChI is InChI=1S/C35H35N3O5S/c1-5-24-14-9-11-23(2)32(24)38-31(39)22-44-28-19-17-27(18-20-28)36-35(41)29(37-34(40)25-12-7-6-8-13-25)21-26-15-10-16-30(42-3)33(26)43-4/h6-21H,5,22H2,1-4H3,(H,36,41)(H,37,40)(H,38,39)/b29-21-. The number of para-hydroxylation sites is 2. The number of amides is 3. The summed E-state index contributed by atoms with van der Waals surface area (Å²) >= 11 is 1.40. The summed E-state index contributed by atoms with van der Waals surface area (Å²) in [4.78, 5) is 40.0. The maximum Gasteiger partial charge on any atom is 0.272 e. The molecule has 0 aliphatic heterocycles. The molecule has 0 atom stereocenters. The zero-order chi connectivity index (χ0) is 31.5. The largest absolute Gasteiger partial charge is 0.493 e. The Bertz CT molecular complexity index is 1650. The van der Waals surface area contributed by atoms with Crippen LogP contribution in [0.25, 0.3) is 6.08 Å². The Hall–Kier alpha value is -5.02. The molecule has 0 saturated carbocycles. The molecule has 0 radical (unpaired) electrons. The van der Waals surface area contributed by atoms with E-state index in [0.29, 0.717) is 28.3 Å². The van der Waals surface area contributed by atoms with Crippen molar-refractivity contribution in [3.63, 3.8) is 0 Å². The predicted molar refractivity (Wildman–Crippen MR) is 176 cm³/mol. The minimum Gasteiger partial charge on any atom is -0.493 e. The minimum absolute atomic E-state index is 0.0168. The van der Waals surface area contributed by atoms with Gasteiger partial charge in [-0.2, -0.15) is 0 Å². The van der Waals surface area contributed by atoms with Gasteiger partial charge in [0.1, 0.15) is 5.70 Å². The maximum absolute atomic E-state index is 13.5. The summed E-state index contributed by atoms with van der Waals surface area (Å²) in [6.07, 6.45) is 2.37. The molecule has 0 aromatic heterocycles. The number of rotatable bonds is 12. The Morgan fingerprint density at radius 3 is 2.23 bits per heavy atom. The third-order valence-electron chi connectivity index (χ3n) is 6.75. The molecule has 0 fully saturated rings. The quantitative estimate of drug-likeness (QED) is 0.122. The van der Waals surface area contributed by atoms with Crippen molar-refractivity contribution in [2.75, 3.05) is 30.6 Å². The van der Waals surface area contributed by atoms with Crippen molar-refractivity contribution in [3.05, 3.63) is 119 Å². The Morgan fingerprint density at radius 2 is 1.55 bits per heavy atom. The molecule has 4 rings (SSSR count). The maximum atomic E-state index is 13.5. The average Bonchev–Trinajstić information content (AvgIpc) is 3.05. The number of hydrogen-bond donors (Lipinski definition) is 3. The molecule has 44 heavy (non-hydrogen) atoms. The molecule has 9 heteroatoms. The van der Waals surface area contributed by atoms with Gasteiger partial charge in [-0.25, -0.2) is 0 Å². The van der Waals surface area contributed by atoms with Crippen molar-refractivity contribution < 1.29 is 23.9 Å². The molecule has 226 valence electrons. The zero-order valence-electron chi connectivity index (χ0n) is 25.1. The fourth-order valence-electron chi connectivity index (χ4n) is 4.48. The van der Waals surface area contributed by atoms with E-state index in [9.17, 15) is 14.4 Å². The molecule has 0 aliphatic carbocycles. The van der Waals surface area contributed by atoms with E-state index in [1.54, 1.807) is 60.7 Å². The summed E-state index contributed by atoms with van der Waals surface area (Å²) in [7, 11) is 3.03. The number of nitrogens with one attached hydrogen (secondary N) is 3. The van der Waals surface area contributed by atoms with Crippen LogP contribution in [0.2, 0.25) is 0 Å². The summed E-state index contributed by atoms with van der Waals surface area (Å²) in [5.41, 5.74) is 4.49. The molecule has 3 amide bonds. The lowest BCUT2D eigenvalue weighted by Crippen LogP contribution is -2.30. The van der Waals surface area contributed by atoms with Crippen molar-refractivity contribution in [1.82, 2.24) is 5.32 Å². The van der Waals surface area contributed by atoms with Crippen molar-refractivity contribution in [2.24, 2.45) is 0 Å². The molecule has 0 saturated heterocycles. The Kier molecular flexibility index (Phi) is 11.2. The van der Waals surface area contributed by atoms with E-state index in [2.05, 4.69) is 22.9 Å². The summed E-state index contributed by atoms with van der Waals surface area (Å²) in [5, 5.41) is 8.62. The molecule has 0 unspecified atom stereocenters. The molecule has 0 aliphatic rings. The summed E-state index contributed by atoms with van der Waals surface area (Å²) in [5.74, 6) is 0.104. The number of thioether (sulfide) groups is 1. The molecule has 4 aromatic rings. The van der Waals surface area contributed by atoms with Crippen molar-refractivity contribution in [1.29, 1.82) is 0 Å². The van der Waals surface area contributed by atoms with Crippen LogP contribution in [-0.4, -0.2) is 37.7 Å². The normalized spacial score (nSPS) is 11.0. The predicted octanol–water partition coefficient (Wildman–Crippen LogP) is 6.72. The average molecular weight is 610 g/mol. The van der Waals surface area contributed by atoms with Gasteiger partial charge in [0.15, 0.2) is 11.5 Å². The van der Waals surface area contributed by atoms with Gasteiger partial charge in [-0.05, 0) is 73.0 Å². The van der Waals surface area contributed by atoms with Gasteiger partial charge in [-0.1, -0.05) is 55.5 Å². The van der Waals surface area contributed by atoms with Crippen molar-refractivity contribution >= 4 is 46.9 Å². The Morgan fingerprint density at radius 1 is 0.818 bits per heavy atom. The Balaban J connectivity index is 1.47. The first-order valence-corrected chi connectivity index (χ1v) is 15.0. The van der Waals surface area contributed by atoms with Gasteiger partial charge in [0.25, 0.3) is 11.8 Å². The number of hydrogen-bond acceptors (Lipinski definition) is 6. The van der Waals surface area contributed by atoms with Crippen LogP contribution in [0.5, 0.6) is 11.5 Å². The van der Waals surface area contributed by atoms with E-state index >= 15 is 0 Å². The smallest absolute Gasteiger partial charge is 0.272 e. The number of aryl methyl sites for hydroxylation is 2. The van der Waals surface area contributed by atoms with E-state index in [1.807, 2.05) is 43.3 Å². The van der Waals surface area contributed by atoms with Gasteiger partial charge < -0.3 is 25.4 Å². The second-order valence-electron chi connectivity index (χ2n) is 9.74. The summed E-state index contributed by atoms with van der Waals surface area (Å²) in [6, 6.07) is 27.0. The van der Waals surface area contributed by atoms with Crippen molar-refractivity contribution in [2.45, 2.75) is 25.2 Å². The highest BCUT2D eigenvalue weighted by atomic mass is 32.2. The van der Waals surface area contributed by atoms with Gasteiger partial charge >= 0.3 is 0 Å². The van der Waals surface area contributed by atoms with Crippen LogP contribution in [-0.2, 0) is 16.0 Å². The molecule has 8 nitrogen and oxygen atoms in total. The highest BCUT2D eigenvalue weighted by molar-refractivity contribution is 8.00. The van der Waals surface area contributed by atoms with Gasteiger partial charge in [0, 0.05) is 27.4 Å². The fourth-order valence-corrected chi connectivity index (χ4v) is 5.18. The van der Waals surface area contributed by atoms with E-state index in [-0.39, 0.29) is 17.4 Å². The number of ether oxygens (including phenoxy) is 2. The van der Waals surface area contributed by atoms with Crippen LogP contribution in [0.1, 0.15) is 34.0 Å². The second kappa shape index (κ2) is 15.5. The van der Waals surface area contributed by atoms with Gasteiger partial charge in [0.2, 0.25) is 5.91 Å².